The van der Waals surface area contributed by atoms with Crippen molar-refractivity contribution in [3.05, 3.63) is 30.1 Å². The smallest absolute Gasteiger partial charge is 0.220 e. The van der Waals surface area contributed by atoms with Gasteiger partial charge in [-0.3, -0.25) is 9.78 Å². The van der Waals surface area contributed by atoms with Crippen molar-refractivity contribution in [3.8, 4) is 0 Å². The highest BCUT2D eigenvalue weighted by molar-refractivity contribution is 5.74. The van der Waals surface area contributed by atoms with Crippen molar-refractivity contribution in [1.29, 1.82) is 0 Å². The maximum absolute atomic E-state index is 10.4. The highest BCUT2D eigenvalue weighted by atomic mass is 16.3. The van der Waals surface area contributed by atoms with E-state index in [1.807, 2.05) is 0 Å². The van der Waals surface area contributed by atoms with E-state index >= 15 is 0 Å². The van der Waals surface area contributed by atoms with Gasteiger partial charge in [-0.1, -0.05) is 6.07 Å². The van der Waals surface area contributed by atoms with Crippen LogP contribution in [0.1, 0.15) is 18.1 Å². The first kappa shape index (κ1) is 8.67. The number of aliphatic hydroxyl groups is 1. The van der Waals surface area contributed by atoms with E-state index in [9.17, 15) is 9.90 Å². The molecule has 4 nitrogen and oxygen atoms in total. The third-order valence-electron chi connectivity index (χ3n) is 1.46. The lowest BCUT2D eigenvalue weighted by molar-refractivity contribution is -0.119. The molecule has 0 saturated carbocycles. The molecule has 1 rings (SSSR count). The minimum atomic E-state index is -0.837. The van der Waals surface area contributed by atoms with Gasteiger partial charge in [0.25, 0.3) is 0 Å². The second-order valence-electron chi connectivity index (χ2n) is 2.47. The fourth-order valence-electron chi connectivity index (χ4n) is 0.881. The molecule has 0 aliphatic heterocycles. The van der Waals surface area contributed by atoms with E-state index in [2.05, 4.69) is 4.98 Å². The maximum atomic E-state index is 10.4. The highest BCUT2D eigenvalue weighted by Gasteiger charge is 2.09. The van der Waals surface area contributed by atoms with E-state index in [0.29, 0.717) is 5.56 Å². The number of nitrogens with zero attached hydrogens (tertiary/aromatic N) is 1. The standard InChI is InChI=1S/C8H10N2O2/c9-8(12)4-7(11)6-2-1-3-10-5-6/h1-3,5,7,11H,4H2,(H2,9,12). The topological polar surface area (TPSA) is 76.2 Å². The summed E-state index contributed by atoms with van der Waals surface area (Å²) in [6.45, 7) is 0. The predicted octanol–water partition coefficient (Wildman–Crippen LogP) is -0.00960. The molecule has 1 aromatic rings. The number of rotatable bonds is 3. The van der Waals surface area contributed by atoms with Gasteiger partial charge in [-0.2, -0.15) is 0 Å². The molecule has 12 heavy (non-hydrogen) atoms. The molecule has 1 heterocycles. The number of amides is 1. The Labute approximate surface area is 70.0 Å². The van der Waals surface area contributed by atoms with Gasteiger partial charge in [-0.05, 0) is 11.6 Å². The Bertz CT molecular complexity index is 261. The highest BCUT2D eigenvalue weighted by Crippen LogP contribution is 2.13. The van der Waals surface area contributed by atoms with E-state index in [-0.39, 0.29) is 6.42 Å². The molecule has 0 aliphatic rings. The Morgan fingerprint density at radius 1 is 1.75 bits per heavy atom. The molecule has 0 bridgehead atoms. The van der Waals surface area contributed by atoms with Crippen LogP contribution in [0.5, 0.6) is 0 Å². The molecule has 1 amide bonds. The molecule has 0 fully saturated rings. The van der Waals surface area contributed by atoms with Gasteiger partial charge >= 0.3 is 0 Å². The number of hydrogen-bond acceptors (Lipinski definition) is 3. The van der Waals surface area contributed by atoms with Crippen molar-refractivity contribution in [2.75, 3.05) is 0 Å². The Balaban J connectivity index is 2.65. The summed E-state index contributed by atoms with van der Waals surface area (Å²) in [4.78, 5) is 14.2. The van der Waals surface area contributed by atoms with Crippen LogP contribution in [0.15, 0.2) is 24.5 Å². The molecule has 0 aromatic carbocycles. The number of aromatic nitrogens is 1. The lowest BCUT2D eigenvalue weighted by Crippen LogP contribution is -2.15. The second kappa shape index (κ2) is 3.82. The average molecular weight is 166 g/mol. The van der Waals surface area contributed by atoms with Crippen LogP contribution in [0.2, 0.25) is 0 Å². The molecule has 0 aliphatic carbocycles. The molecule has 1 atom stereocenters. The number of primary amides is 1. The van der Waals surface area contributed by atoms with Crippen molar-refractivity contribution < 1.29 is 9.90 Å². The number of nitrogens with two attached hydrogens (primary N) is 1. The molecule has 0 saturated heterocycles. The zero-order valence-corrected chi connectivity index (χ0v) is 6.47. The van der Waals surface area contributed by atoms with E-state index in [4.69, 9.17) is 5.73 Å². The molecule has 1 aromatic heterocycles. The fraction of sp³-hybridized carbons (Fsp3) is 0.250. The lowest BCUT2D eigenvalue weighted by atomic mass is 10.1. The van der Waals surface area contributed by atoms with E-state index in [1.165, 1.54) is 6.20 Å². The molecule has 0 spiro atoms. The Kier molecular flexibility index (Phi) is 2.76. The third-order valence-corrected chi connectivity index (χ3v) is 1.46. The molecule has 1 unspecified atom stereocenters. The van der Waals surface area contributed by atoms with Crippen molar-refractivity contribution in [2.45, 2.75) is 12.5 Å². The maximum Gasteiger partial charge on any atom is 0.220 e. The minimum absolute atomic E-state index is 0.0638. The first-order valence-electron chi connectivity index (χ1n) is 3.56. The monoisotopic (exact) mass is 166 g/mol. The van der Waals surface area contributed by atoms with Crippen molar-refractivity contribution >= 4 is 5.91 Å². The minimum Gasteiger partial charge on any atom is -0.388 e. The van der Waals surface area contributed by atoms with Crippen molar-refractivity contribution in [2.24, 2.45) is 5.73 Å². The quantitative estimate of drug-likeness (QED) is 0.663. The van der Waals surface area contributed by atoms with Crippen molar-refractivity contribution in [3.63, 3.8) is 0 Å². The number of aliphatic hydroxyl groups excluding tert-OH is 1. The molecule has 4 heteroatoms. The summed E-state index contributed by atoms with van der Waals surface area (Å²) in [5, 5.41) is 9.35. The Morgan fingerprint density at radius 2 is 2.50 bits per heavy atom. The molecular formula is C8H10N2O2. The first-order chi connectivity index (χ1) is 5.70. The largest absolute Gasteiger partial charge is 0.388 e. The fourth-order valence-corrected chi connectivity index (χ4v) is 0.881. The molecule has 64 valence electrons. The van der Waals surface area contributed by atoms with Crippen LogP contribution >= 0.6 is 0 Å². The van der Waals surface area contributed by atoms with Crippen LogP contribution in [-0.4, -0.2) is 16.0 Å². The normalized spacial score (nSPS) is 12.4. The summed E-state index contributed by atoms with van der Waals surface area (Å²) in [6.07, 6.45) is 2.20. The van der Waals surface area contributed by atoms with Gasteiger partial charge in [-0.15, -0.1) is 0 Å². The predicted molar refractivity (Wildman–Crippen MR) is 43.0 cm³/mol. The van der Waals surface area contributed by atoms with Gasteiger partial charge in [0.15, 0.2) is 0 Å². The van der Waals surface area contributed by atoms with Crippen molar-refractivity contribution in [1.82, 2.24) is 4.98 Å². The summed E-state index contributed by atoms with van der Waals surface area (Å²) in [6, 6.07) is 3.39. The van der Waals surface area contributed by atoms with Gasteiger partial charge in [0.1, 0.15) is 0 Å². The van der Waals surface area contributed by atoms with Crippen LogP contribution in [0.4, 0.5) is 0 Å². The third kappa shape index (κ3) is 2.32. The Hall–Kier alpha value is -1.42. The van der Waals surface area contributed by atoms with Gasteiger partial charge in [-0.25, -0.2) is 0 Å². The summed E-state index contributed by atoms with van der Waals surface area (Å²) >= 11 is 0. The molecular weight excluding hydrogens is 156 g/mol. The summed E-state index contributed by atoms with van der Waals surface area (Å²) < 4.78 is 0. The number of hydrogen-bond donors (Lipinski definition) is 2. The summed E-state index contributed by atoms with van der Waals surface area (Å²) in [5.41, 5.74) is 5.52. The van der Waals surface area contributed by atoms with Crippen LogP contribution in [0.25, 0.3) is 0 Å². The Morgan fingerprint density at radius 3 is 3.00 bits per heavy atom. The van der Waals surface area contributed by atoms with Gasteiger partial charge in [0.05, 0.1) is 12.5 Å². The number of carbonyl (C=O) groups excluding carboxylic acids is 1. The van der Waals surface area contributed by atoms with Crippen LogP contribution in [0.3, 0.4) is 0 Å². The summed E-state index contributed by atoms with van der Waals surface area (Å²) in [5.74, 6) is -0.522. The van der Waals surface area contributed by atoms with E-state index in [1.54, 1.807) is 18.3 Å². The second-order valence-corrected chi connectivity index (χ2v) is 2.47. The first-order valence-corrected chi connectivity index (χ1v) is 3.56. The zero-order valence-electron chi connectivity index (χ0n) is 6.47. The van der Waals surface area contributed by atoms with Gasteiger partial charge in [0, 0.05) is 12.4 Å². The number of pyridine rings is 1. The SMILES string of the molecule is NC(=O)CC(O)c1cccnc1. The van der Waals surface area contributed by atoms with Gasteiger partial charge in [0.2, 0.25) is 5.91 Å². The zero-order chi connectivity index (χ0) is 8.97. The van der Waals surface area contributed by atoms with Crippen LogP contribution < -0.4 is 5.73 Å². The number of carbonyl (C=O) groups is 1. The van der Waals surface area contributed by atoms with Crippen LogP contribution in [0, 0.1) is 0 Å². The van der Waals surface area contributed by atoms with Gasteiger partial charge < -0.3 is 10.8 Å². The lowest BCUT2D eigenvalue weighted by Gasteiger charge is -2.06. The van der Waals surface area contributed by atoms with Crippen LogP contribution in [-0.2, 0) is 4.79 Å². The van der Waals surface area contributed by atoms with E-state index in [0.717, 1.165) is 0 Å². The average Bonchev–Trinajstić information content (AvgIpc) is 2.05. The summed E-state index contributed by atoms with van der Waals surface area (Å²) in [7, 11) is 0. The molecule has 3 N–H and O–H groups in total. The van der Waals surface area contributed by atoms with E-state index < -0.39 is 12.0 Å². The molecule has 0 radical (unpaired) electrons.